The zero-order chi connectivity index (χ0) is 74.9. The molecule has 19 heteroatoms. The quantitative estimate of drug-likeness (QED) is 0.0222. The number of hydrogen-bond donors (Lipinski definition) is 3. The van der Waals surface area contributed by atoms with Gasteiger partial charge in [-0.1, -0.05) is 388 Å². The van der Waals surface area contributed by atoms with Gasteiger partial charge in [-0.15, -0.1) is 0 Å². The smallest absolute Gasteiger partial charge is 0.462 e. The summed E-state index contributed by atoms with van der Waals surface area (Å²) in [6.45, 7) is 9.71. The fraction of sp³-hybridized carbons (Fsp3) is 0.952. The van der Waals surface area contributed by atoms with E-state index < -0.39 is 97.5 Å². The number of rotatable bonds is 82. The maximum atomic E-state index is 13.1. The largest absolute Gasteiger partial charge is 0.472 e. The van der Waals surface area contributed by atoms with Gasteiger partial charge in [0.2, 0.25) is 0 Å². The summed E-state index contributed by atoms with van der Waals surface area (Å²) in [5.74, 6) is -0.455. The lowest BCUT2D eigenvalue weighted by Crippen LogP contribution is -2.30. The fourth-order valence-electron chi connectivity index (χ4n) is 12.8. The summed E-state index contributed by atoms with van der Waals surface area (Å²) < 4.78 is 68.7. The Bertz CT molecular complexity index is 1960. The van der Waals surface area contributed by atoms with E-state index >= 15 is 0 Å². The summed E-state index contributed by atoms with van der Waals surface area (Å²) >= 11 is 0. The summed E-state index contributed by atoms with van der Waals surface area (Å²) in [4.78, 5) is 73.0. The molecule has 7 atom stereocenters. The van der Waals surface area contributed by atoms with E-state index in [9.17, 15) is 43.2 Å². The molecule has 0 aliphatic carbocycles. The van der Waals surface area contributed by atoms with E-state index in [1.54, 1.807) is 0 Å². The summed E-state index contributed by atoms with van der Waals surface area (Å²) in [6, 6.07) is 0. The minimum absolute atomic E-state index is 0.106. The van der Waals surface area contributed by atoms with Crippen molar-refractivity contribution in [2.45, 2.75) is 458 Å². The molecule has 0 bridgehead atoms. The molecule has 102 heavy (non-hydrogen) atoms. The third-order valence-electron chi connectivity index (χ3n) is 20.2. The first-order chi connectivity index (χ1) is 49.4. The number of hydrogen-bond acceptors (Lipinski definition) is 15. The monoisotopic (exact) mass is 1490 g/mol. The van der Waals surface area contributed by atoms with Crippen LogP contribution in [0, 0.1) is 11.8 Å². The maximum absolute atomic E-state index is 13.1. The van der Waals surface area contributed by atoms with Crippen LogP contribution >= 0.6 is 15.6 Å². The van der Waals surface area contributed by atoms with Crippen molar-refractivity contribution in [2.24, 2.45) is 11.8 Å². The Labute approximate surface area is 626 Å². The third-order valence-corrected chi connectivity index (χ3v) is 22.1. The van der Waals surface area contributed by atoms with E-state index in [1.807, 2.05) is 0 Å². The first kappa shape index (κ1) is 100. The van der Waals surface area contributed by atoms with Gasteiger partial charge >= 0.3 is 39.5 Å². The minimum atomic E-state index is -4.96. The lowest BCUT2D eigenvalue weighted by molar-refractivity contribution is -0.161. The van der Waals surface area contributed by atoms with Gasteiger partial charge in [-0.05, 0) is 37.5 Å². The highest BCUT2D eigenvalue weighted by atomic mass is 31.2. The van der Waals surface area contributed by atoms with Gasteiger partial charge in [0.05, 0.1) is 26.4 Å². The standard InChI is InChI=1S/C83H162O17P2/c1-7-11-13-15-17-19-20-21-22-23-24-25-26-27-28-33-36-43-49-55-61-67-82(87)99-79(72-94-81(86)66-60-54-48-42-35-32-30-29-31-34-40-45-51-57-63-75(5)9-3)74-98-102(91,92)96-70-77(84)69-95-101(89,90)97-73-78(71-93-80(85)65-59-53-47-39-18-16-14-12-8-2)100-83(88)68-62-56-50-44-38-37-41-46-52-58-64-76(6)10-4/h75-79,84H,7-74H2,1-6H3,(H,89,90)(H,91,92)/t75?,76?,77-,78+,79+/m0/s1. The van der Waals surface area contributed by atoms with Crippen LogP contribution in [0.4, 0.5) is 0 Å². The Balaban J connectivity index is 5.21. The van der Waals surface area contributed by atoms with Crippen LogP contribution in [0.5, 0.6) is 0 Å². The number of aliphatic hydroxyl groups is 1. The van der Waals surface area contributed by atoms with Crippen molar-refractivity contribution in [1.29, 1.82) is 0 Å². The number of aliphatic hydroxyl groups excluding tert-OH is 1. The van der Waals surface area contributed by atoms with Gasteiger partial charge in [-0.3, -0.25) is 37.3 Å². The number of carbonyl (C=O) groups excluding carboxylic acids is 4. The predicted molar refractivity (Wildman–Crippen MR) is 418 cm³/mol. The molecule has 606 valence electrons. The highest BCUT2D eigenvalue weighted by Crippen LogP contribution is 2.45. The number of phosphoric acid groups is 2. The summed E-state index contributed by atoms with van der Waals surface area (Å²) in [5, 5.41) is 10.6. The van der Waals surface area contributed by atoms with Gasteiger partial charge in [-0.2, -0.15) is 0 Å². The Kier molecular flexibility index (Phi) is 73.1. The molecular weight excluding hydrogens is 1330 g/mol. The topological polar surface area (TPSA) is 237 Å². The van der Waals surface area contributed by atoms with Crippen molar-refractivity contribution in [2.75, 3.05) is 39.6 Å². The van der Waals surface area contributed by atoms with Crippen molar-refractivity contribution < 1.29 is 80.2 Å². The second kappa shape index (κ2) is 74.5. The first-order valence-corrected chi connectivity index (χ1v) is 46.1. The van der Waals surface area contributed by atoms with Crippen LogP contribution in [-0.4, -0.2) is 96.7 Å². The molecule has 0 saturated heterocycles. The molecule has 0 heterocycles. The number of ether oxygens (including phenoxy) is 4. The van der Waals surface area contributed by atoms with Gasteiger partial charge in [0, 0.05) is 25.7 Å². The molecule has 0 amide bonds. The summed E-state index contributed by atoms with van der Waals surface area (Å²) in [7, 11) is -9.92. The van der Waals surface area contributed by atoms with E-state index in [0.717, 1.165) is 102 Å². The number of carbonyl (C=O) groups is 4. The average molecular weight is 1490 g/mol. The third kappa shape index (κ3) is 73.6. The molecule has 0 aliphatic rings. The second-order valence-corrected chi connectivity index (χ2v) is 33.3. The van der Waals surface area contributed by atoms with Gasteiger partial charge in [-0.25, -0.2) is 9.13 Å². The van der Waals surface area contributed by atoms with E-state index in [2.05, 4.69) is 41.5 Å². The molecule has 0 radical (unpaired) electrons. The number of unbranched alkanes of at least 4 members (excludes halogenated alkanes) is 50. The van der Waals surface area contributed by atoms with Crippen LogP contribution in [0.1, 0.15) is 440 Å². The molecule has 0 fully saturated rings. The molecule has 3 N–H and O–H groups in total. The number of esters is 4. The average Bonchev–Trinajstić information content (AvgIpc) is 0.910. The predicted octanol–water partition coefficient (Wildman–Crippen LogP) is 25.1. The minimum Gasteiger partial charge on any atom is -0.462 e. The molecular formula is C83H162O17P2. The van der Waals surface area contributed by atoms with Gasteiger partial charge in [0.15, 0.2) is 12.2 Å². The van der Waals surface area contributed by atoms with Crippen molar-refractivity contribution >= 4 is 39.5 Å². The molecule has 0 aliphatic heterocycles. The van der Waals surface area contributed by atoms with Crippen LogP contribution in [0.3, 0.4) is 0 Å². The Morgan fingerprint density at radius 1 is 0.275 bits per heavy atom. The zero-order valence-corrected chi connectivity index (χ0v) is 68.7. The second-order valence-electron chi connectivity index (χ2n) is 30.4. The maximum Gasteiger partial charge on any atom is 0.472 e. The molecule has 0 rings (SSSR count). The van der Waals surface area contributed by atoms with Crippen LogP contribution in [0.25, 0.3) is 0 Å². The molecule has 0 aromatic rings. The van der Waals surface area contributed by atoms with Crippen molar-refractivity contribution in [1.82, 2.24) is 0 Å². The Morgan fingerprint density at radius 2 is 0.471 bits per heavy atom. The van der Waals surface area contributed by atoms with Crippen molar-refractivity contribution in [3.63, 3.8) is 0 Å². The summed E-state index contributed by atoms with van der Waals surface area (Å²) in [5.41, 5.74) is 0. The zero-order valence-electron chi connectivity index (χ0n) is 66.9. The highest BCUT2D eigenvalue weighted by molar-refractivity contribution is 7.47. The molecule has 0 spiro atoms. The van der Waals surface area contributed by atoms with E-state index in [-0.39, 0.29) is 25.7 Å². The van der Waals surface area contributed by atoms with Crippen molar-refractivity contribution in [3.05, 3.63) is 0 Å². The summed E-state index contributed by atoms with van der Waals surface area (Å²) in [6.07, 6.45) is 65.2. The van der Waals surface area contributed by atoms with E-state index in [0.29, 0.717) is 25.7 Å². The normalized spacial score (nSPS) is 14.4. The molecule has 0 aromatic carbocycles. The Hall–Kier alpha value is -1.94. The Morgan fingerprint density at radius 3 is 0.696 bits per heavy atom. The lowest BCUT2D eigenvalue weighted by atomic mass is 9.99. The first-order valence-electron chi connectivity index (χ1n) is 43.1. The number of phosphoric ester groups is 2. The SMILES string of the molecule is CCCCCCCCCCCCCCCCCCCCCCCC(=O)O[C@H](COC(=O)CCCCCCCCCCCCCCCCC(C)CC)COP(=O)(O)OC[C@@H](O)COP(=O)(O)OC[C@@H](COC(=O)CCCCCCCCCCC)OC(=O)CCCCCCCCCCCCC(C)CC. The fourth-order valence-corrected chi connectivity index (χ4v) is 14.4. The van der Waals surface area contributed by atoms with Crippen LogP contribution < -0.4 is 0 Å². The lowest BCUT2D eigenvalue weighted by Gasteiger charge is -2.21. The molecule has 0 saturated carbocycles. The van der Waals surface area contributed by atoms with Crippen LogP contribution in [-0.2, 0) is 65.4 Å². The van der Waals surface area contributed by atoms with Crippen molar-refractivity contribution in [3.8, 4) is 0 Å². The molecule has 0 aromatic heterocycles. The van der Waals surface area contributed by atoms with Gasteiger partial charge in [0.25, 0.3) is 0 Å². The van der Waals surface area contributed by atoms with Crippen LogP contribution in [0.2, 0.25) is 0 Å². The highest BCUT2D eigenvalue weighted by Gasteiger charge is 2.30. The van der Waals surface area contributed by atoms with Crippen LogP contribution in [0.15, 0.2) is 0 Å². The molecule has 17 nitrogen and oxygen atoms in total. The van der Waals surface area contributed by atoms with E-state index in [1.165, 1.54) is 257 Å². The molecule has 4 unspecified atom stereocenters. The van der Waals surface area contributed by atoms with Gasteiger partial charge in [0.1, 0.15) is 19.3 Å². The van der Waals surface area contributed by atoms with Gasteiger partial charge < -0.3 is 33.8 Å². The van der Waals surface area contributed by atoms with E-state index in [4.69, 9.17) is 37.0 Å².